The SMILES string of the molecule is CC1CCCCN1C(=O)CCO[Si](c1ccccc1)(c1ccccc1)C(C)(C)C. The number of carbonyl (C=O) groups excluding carboxylic acids is 1. The fourth-order valence-electron chi connectivity index (χ4n) is 4.67. The Kier molecular flexibility index (Phi) is 6.96. The first-order chi connectivity index (χ1) is 13.9. The summed E-state index contributed by atoms with van der Waals surface area (Å²) in [6.45, 7) is 10.3. The minimum Gasteiger partial charge on any atom is -0.407 e. The molecule has 0 aromatic heterocycles. The van der Waals surface area contributed by atoms with Crippen molar-refractivity contribution in [3.63, 3.8) is 0 Å². The monoisotopic (exact) mass is 409 g/mol. The third kappa shape index (κ3) is 4.64. The van der Waals surface area contributed by atoms with Gasteiger partial charge in [0.1, 0.15) is 0 Å². The second-order valence-corrected chi connectivity index (χ2v) is 13.5. The zero-order valence-electron chi connectivity index (χ0n) is 18.4. The van der Waals surface area contributed by atoms with Crippen LogP contribution >= 0.6 is 0 Å². The molecule has 1 aliphatic heterocycles. The molecule has 1 amide bonds. The Morgan fingerprint density at radius 2 is 1.55 bits per heavy atom. The van der Waals surface area contributed by atoms with E-state index < -0.39 is 8.32 Å². The van der Waals surface area contributed by atoms with E-state index in [2.05, 4.69) is 93.3 Å². The Balaban J connectivity index is 1.87. The summed E-state index contributed by atoms with van der Waals surface area (Å²) in [6, 6.07) is 21.6. The van der Waals surface area contributed by atoms with E-state index in [1.54, 1.807) is 0 Å². The van der Waals surface area contributed by atoms with Gasteiger partial charge in [-0.2, -0.15) is 0 Å². The van der Waals surface area contributed by atoms with Gasteiger partial charge in [0, 0.05) is 25.6 Å². The van der Waals surface area contributed by atoms with Crippen LogP contribution in [0.25, 0.3) is 0 Å². The molecule has 1 atom stereocenters. The molecular formula is C25H35NO2Si. The van der Waals surface area contributed by atoms with Crippen LogP contribution in [0.2, 0.25) is 5.04 Å². The zero-order chi connectivity index (χ0) is 20.9. The van der Waals surface area contributed by atoms with E-state index >= 15 is 0 Å². The number of amides is 1. The van der Waals surface area contributed by atoms with Crippen LogP contribution in [0.3, 0.4) is 0 Å². The van der Waals surface area contributed by atoms with Gasteiger partial charge in [0.15, 0.2) is 0 Å². The summed E-state index contributed by atoms with van der Waals surface area (Å²) in [5.74, 6) is 0.232. The van der Waals surface area contributed by atoms with Crippen LogP contribution in [0.15, 0.2) is 60.7 Å². The van der Waals surface area contributed by atoms with Crippen molar-refractivity contribution in [2.24, 2.45) is 0 Å². The lowest BCUT2D eigenvalue weighted by molar-refractivity contribution is -0.135. The van der Waals surface area contributed by atoms with Gasteiger partial charge < -0.3 is 9.33 Å². The molecule has 1 unspecified atom stereocenters. The average Bonchev–Trinajstić information content (AvgIpc) is 2.72. The standard InChI is InChI=1S/C25H35NO2Si/c1-21-13-11-12-19-26(21)24(27)18-20-28-29(25(2,3)4,22-14-7-5-8-15-22)23-16-9-6-10-17-23/h5-10,14-17,21H,11-13,18-20H2,1-4H3. The van der Waals surface area contributed by atoms with E-state index in [9.17, 15) is 4.79 Å². The molecule has 3 nitrogen and oxygen atoms in total. The highest BCUT2D eigenvalue weighted by Crippen LogP contribution is 2.36. The summed E-state index contributed by atoms with van der Waals surface area (Å²) in [4.78, 5) is 14.9. The normalized spacial score (nSPS) is 17.9. The second kappa shape index (κ2) is 9.27. The van der Waals surface area contributed by atoms with Gasteiger partial charge in [-0.25, -0.2) is 0 Å². The van der Waals surface area contributed by atoms with Crippen LogP contribution in [0.5, 0.6) is 0 Å². The molecule has 29 heavy (non-hydrogen) atoms. The minimum absolute atomic E-state index is 0.0584. The lowest BCUT2D eigenvalue weighted by Gasteiger charge is -2.43. The van der Waals surface area contributed by atoms with E-state index in [0.717, 1.165) is 19.4 Å². The first kappa shape index (κ1) is 21.8. The fraction of sp³-hybridized carbons (Fsp3) is 0.480. The van der Waals surface area contributed by atoms with Crippen molar-refractivity contribution in [1.29, 1.82) is 0 Å². The van der Waals surface area contributed by atoms with Gasteiger partial charge >= 0.3 is 0 Å². The average molecular weight is 410 g/mol. The maximum atomic E-state index is 12.9. The predicted octanol–water partition coefficient (Wildman–Crippen LogP) is 4.35. The number of likely N-dealkylation sites (tertiary alicyclic amines) is 1. The number of nitrogens with zero attached hydrogens (tertiary/aromatic N) is 1. The molecule has 0 bridgehead atoms. The molecule has 0 spiro atoms. The Morgan fingerprint density at radius 3 is 2.03 bits per heavy atom. The maximum absolute atomic E-state index is 12.9. The molecule has 2 aromatic carbocycles. The lowest BCUT2D eigenvalue weighted by atomic mass is 10.0. The highest BCUT2D eigenvalue weighted by Gasteiger charge is 2.50. The van der Waals surface area contributed by atoms with Crippen molar-refractivity contribution in [3.05, 3.63) is 60.7 Å². The molecule has 4 heteroatoms. The first-order valence-corrected chi connectivity index (χ1v) is 12.8. The predicted molar refractivity (Wildman–Crippen MR) is 123 cm³/mol. The molecule has 1 heterocycles. The molecule has 0 saturated carbocycles. The summed E-state index contributed by atoms with van der Waals surface area (Å²) in [5, 5.41) is 2.46. The summed E-state index contributed by atoms with van der Waals surface area (Å²) >= 11 is 0. The first-order valence-electron chi connectivity index (χ1n) is 10.9. The summed E-state index contributed by atoms with van der Waals surface area (Å²) in [6.07, 6.45) is 3.91. The molecule has 1 fully saturated rings. The highest BCUT2D eigenvalue weighted by molar-refractivity contribution is 6.99. The second-order valence-electron chi connectivity index (χ2n) is 9.19. The van der Waals surface area contributed by atoms with Gasteiger partial charge in [0.05, 0.1) is 0 Å². The smallest absolute Gasteiger partial charge is 0.261 e. The van der Waals surface area contributed by atoms with Crippen molar-refractivity contribution in [2.75, 3.05) is 13.2 Å². The molecule has 3 rings (SSSR count). The van der Waals surface area contributed by atoms with Gasteiger partial charge in [0.2, 0.25) is 5.91 Å². The van der Waals surface area contributed by atoms with Crippen molar-refractivity contribution in [2.45, 2.75) is 64.5 Å². The molecule has 156 valence electrons. The number of hydrogen-bond donors (Lipinski definition) is 0. The van der Waals surface area contributed by atoms with E-state index in [1.807, 2.05) is 0 Å². The summed E-state index contributed by atoms with van der Waals surface area (Å²) in [7, 11) is -2.55. The van der Waals surface area contributed by atoms with Crippen molar-refractivity contribution >= 4 is 24.6 Å². The number of piperidine rings is 1. The highest BCUT2D eigenvalue weighted by atomic mass is 28.4. The number of carbonyl (C=O) groups is 1. The van der Waals surface area contributed by atoms with Crippen LogP contribution < -0.4 is 10.4 Å². The van der Waals surface area contributed by atoms with Gasteiger partial charge in [0.25, 0.3) is 8.32 Å². The van der Waals surface area contributed by atoms with Crippen LogP contribution in [0, 0.1) is 0 Å². The van der Waals surface area contributed by atoms with E-state index in [0.29, 0.717) is 19.1 Å². The van der Waals surface area contributed by atoms with Gasteiger partial charge in [-0.3, -0.25) is 4.79 Å². The van der Waals surface area contributed by atoms with Crippen LogP contribution in [0.4, 0.5) is 0 Å². The Bertz CT molecular complexity index is 746. The molecular weight excluding hydrogens is 374 g/mol. The van der Waals surface area contributed by atoms with Gasteiger partial charge in [-0.05, 0) is 41.6 Å². The maximum Gasteiger partial charge on any atom is 0.261 e. The van der Waals surface area contributed by atoms with Crippen molar-refractivity contribution < 1.29 is 9.22 Å². The van der Waals surface area contributed by atoms with Crippen LogP contribution in [-0.2, 0) is 9.22 Å². The Labute approximate surface area is 177 Å². The summed E-state index contributed by atoms with van der Waals surface area (Å²) in [5.41, 5.74) is 0. The fourth-order valence-corrected chi connectivity index (χ4v) is 9.23. The van der Waals surface area contributed by atoms with Gasteiger partial charge in [-0.15, -0.1) is 0 Å². The number of hydrogen-bond acceptors (Lipinski definition) is 2. The molecule has 1 aliphatic rings. The van der Waals surface area contributed by atoms with E-state index in [1.165, 1.54) is 16.8 Å². The quantitative estimate of drug-likeness (QED) is 0.664. The van der Waals surface area contributed by atoms with Crippen LogP contribution in [-0.4, -0.2) is 38.3 Å². The lowest BCUT2D eigenvalue weighted by Crippen LogP contribution is -2.66. The van der Waals surface area contributed by atoms with E-state index in [-0.39, 0.29) is 10.9 Å². The minimum atomic E-state index is -2.55. The molecule has 0 radical (unpaired) electrons. The van der Waals surface area contributed by atoms with Crippen molar-refractivity contribution in [3.8, 4) is 0 Å². The third-order valence-corrected chi connectivity index (χ3v) is 11.2. The molecule has 0 N–H and O–H groups in total. The Morgan fingerprint density at radius 1 is 1.00 bits per heavy atom. The zero-order valence-corrected chi connectivity index (χ0v) is 19.4. The number of benzene rings is 2. The molecule has 1 saturated heterocycles. The Hall–Kier alpha value is -1.91. The van der Waals surface area contributed by atoms with Crippen molar-refractivity contribution in [1.82, 2.24) is 4.90 Å². The molecule has 0 aliphatic carbocycles. The largest absolute Gasteiger partial charge is 0.407 e. The van der Waals surface area contributed by atoms with Gasteiger partial charge in [-0.1, -0.05) is 81.4 Å². The third-order valence-electron chi connectivity index (χ3n) is 6.17. The number of rotatable bonds is 6. The van der Waals surface area contributed by atoms with E-state index in [4.69, 9.17) is 4.43 Å². The van der Waals surface area contributed by atoms with Crippen LogP contribution in [0.1, 0.15) is 53.4 Å². The molecule has 2 aromatic rings. The topological polar surface area (TPSA) is 29.5 Å². The summed E-state index contributed by atoms with van der Waals surface area (Å²) < 4.78 is 6.85.